The maximum absolute atomic E-state index is 12.8. The second-order valence-electron chi connectivity index (χ2n) is 7.92. The zero-order chi connectivity index (χ0) is 24.0. The van der Waals surface area contributed by atoms with Crippen LogP contribution < -0.4 is 10.6 Å². The monoisotopic (exact) mass is 485 g/mol. The van der Waals surface area contributed by atoms with Crippen molar-refractivity contribution in [2.24, 2.45) is 13.0 Å². The summed E-state index contributed by atoms with van der Waals surface area (Å²) >= 11 is 7.48. The molecule has 2 N–H and O–H groups in total. The average molecular weight is 486 g/mol. The molecule has 0 aliphatic carbocycles. The molecule has 2 amide bonds. The van der Waals surface area contributed by atoms with E-state index >= 15 is 0 Å². The summed E-state index contributed by atoms with van der Waals surface area (Å²) in [6.07, 6.45) is 0.840. The van der Waals surface area contributed by atoms with Crippen LogP contribution in [-0.4, -0.2) is 32.3 Å². The van der Waals surface area contributed by atoms with Crippen molar-refractivity contribution >= 4 is 40.9 Å². The van der Waals surface area contributed by atoms with Crippen LogP contribution >= 0.6 is 23.4 Å². The Labute approximate surface area is 203 Å². The molecule has 1 aromatic heterocycles. The van der Waals surface area contributed by atoms with Crippen LogP contribution in [0.25, 0.3) is 0 Å². The number of hydrogen-bond donors (Lipinski definition) is 2. The molecule has 0 fully saturated rings. The molecule has 33 heavy (non-hydrogen) atoms. The number of aryl methyl sites for hydroxylation is 1. The van der Waals surface area contributed by atoms with Crippen molar-refractivity contribution in [3.63, 3.8) is 0 Å². The van der Waals surface area contributed by atoms with Crippen LogP contribution in [0.1, 0.15) is 48.6 Å². The lowest BCUT2D eigenvalue weighted by Crippen LogP contribution is -2.33. The van der Waals surface area contributed by atoms with Crippen LogP contribution in [0.4, 0.5) is 5.69 Å². The summed E-state index contributed by atoms with van der Waals surface area (Å²) in [7, 11) is 1.83. The van der Waals surface area contributed by atoms with Gasteiger partial charge in [0.15, 0.2) is 11.0 Å². The van der Waals surface area contributed by atoms with Crippen LogP contribution in [0.5, 0.6) is 0 Å². The van der Waals surface area contributed by atoms with E-state index in [2.05, 4.69) is 27.8 Å². The summed E-state index contributed by atoms with van der Waals surface area (Å²) in [5.41, 5.74) is 2.32. The minimum atomic E-state index is -0.370. The second-order valence-corrected chi connectivity index (χ2v) is 9.27. The van der Waals surface area contributed by atoms with Gasteiger partial charge in [0, 0.05) is 12.7 Å². The number of halogens is 1. The molecule has 0 saturated carbocycles. The number of thioether (sulfide) groups is 1. The smallest absolute Gasteiger partial charge is 0.253 e. The molecular formula is C24H28ClN5O2S. The maximum Gasteiger partial charge on any atom is 0.253 e. The third kappa shape index (κ3) is 6.15. The molecule has 7 nitrogen and oxygen atoms in total. The van der Waals surface area contributed by atoms with Gasteiger partial charge >= 0.3 is 0 Å². The number of aromatic nitrogens is 3. The summed E-state index contributed by atoms with van der Waals surface area (Å²) in [5.74, 6) is 0.488. The van der Waals surface area contributed by atoms with E-state index in [4.69, 9.17) is 11.6 Å². The molecule has 3 aromatic rings. The molecule has 3 rings (SSSR count). The third-order valence-electron chi connectivity index (χ3n) is 5.22. The molecule has 0 spiro atoms. The van der Waals surface area contributed by atoms with E-state index in [0.717, 1.165) is 17.7 Å². The van der Waals surface area contributed by atoms with E-state index in [1.54, 1.807) is 24.3 Å². The molecule has 0 saturated heterocycles. The van der Waals surface area contributed by atoms with Gasteiger partial charge in [0.25, 0.3) is 5.91 Å². The minimum Gasteiger partial charge on any atom is -0.342 e. The Balaban J connectivity index is 1.68. The summed E-state index contributed by atoms with van der Waals surface area (Å²) < 4.78 is 1.81. The number of amides is 2. The Morgan fingerprint density at radius 2 is 1.79 bits per heavy atom. The molecule has 9 heteroatoms. The lowest BCUT2D eigenvalue weighted by Gasteiger charge is -2.22. The molecule has 0 radical (unpaired) electrons. The van der Waals surface area contributed by atoms with Crippen LogP contribution in [0.3, 0.4) is 0 Å². The van der Waals surface area contributed by atoms with E-state index in [1.807, 2.05) is 49.7 Å². The molecule has 0 aliphatic rings. The zero-order valence-electron chi connectivity index (χ0n) is 19.1. The van der Waals surface area contributed by atoms with Crippen LogP contribution in [0.2, 0.25) is 5.02 Å². The molecule has 1 atom stereocenters. The molecule has 2 aromatic carbocycles. The normalized spacial score (nSPS) is 11.9. The number of carbonyl (C=O) groups excluding carboxylic acids is 2. The number of nitrogens with zero attached hydrogens (tertiary/aromatic N) is 3. The highest BCUT2D eigenvalue weighted by atomic mass is 35.5. The van der Waals surface area contributed by atoms with Crippen molar-refractivity contribution in [2.75, 3.05) is 11.1 Å². The number of para-hydroxylation sites is 1. The lowest BCUT2D eigenvalue weighted by atomic mass is 10.0. The van der Waals surface area contributed by atoms with Gasteiger partial charge in [0.2, 0.25) is 5.91 Å². The first-order valence-electron chi connectivity index (χ1n) is 10.8. The lowest BCUT2D eigenvalue weighted by molar-refractivity contribution is -0.113. The van der Waals surface area contributed by atoms with E-state index in [-0.39, 0.29) is 29.5 Å². The van der Waals surface area contributed by atoms with Gasteiger partial charge in [-0.1, -0.05) is 74.5 Å². The SMILES string of the molecule is CCc1ccccc1NC(=O)CSc1nnc([C@@H](NC(=O)c2ccccc2Cl)C(C)C)n1C. The van der Waals surface area contributed by atoms with Crippen molar-refractivity contribution in [3.05, 3.63) is 70.5 Å². The van der Waals surface area contributed by atoms with Crippen LogP contribution in [-0.2, 0) is 18.3 Å². The fourth-order valence-electron chi connectivity index (χ4n) is 3.38. The fraction of sp³-hybridized carbons (Fsp3) is 0.333. The molecule has 0 aliphatic heterocycles. The Morgan fingerprint density at radius 3 is 2.48 bits per heavy atom. The highest BCUT2D eigenvalue weighted by Gasteiger charge is 2.26. The average Bonchev–Trinajstić information content (AvgIpc) is 3.16. The Morgan fingerprint density at radius 1 is 1.09 bits per heavy atom. The maximum atomic E-state index is 12.8. The van der Waals surface area contributed by atoms with Gasteiger partial charge in [0.1, 0.15) is 0 Å². The van der Waals surface area contributed by atoms with E-state index < -0.39 is 0 Å². The number of hydrogen-bond acceptors (Lipinski definition) is 5. The Bertz CT molecular complexity index is 1130. The fourth-order valence-corrected chi connectivity index (χ4v) is 4.32. The first-order valence-corrected chi connectivity index (χ1v) is 12.1. The van der Waals surface area contributed by atoms with Gasteiger partial charge in [-0.2, -0.15) is 0 Å². The second kappa shape index (κ2) is 11.3. The van der Waals surface area contributed by atoms with Gasteiger partial charge in [-0.25, -0.2) is 0 Å². The Hall–Kier alpha value is -2.84. The molecule has 0 unspecified atom stereocenters. The van der Waals surface area contributed by atoms with Crippen molar-refractivity contribution in [1.29, 1.82) is 0 Å². The van der Waals surface area contributed by atoms with E-state index in [0.29, 0.717) is 21.6 Å². The van der Waals surface area contributed by atoms with Gasteiger partial charge in [-0.3, -0.25) is 9.59 Å². The highest BCUT2D eigenvalue weighted by Crippen LogP contribution is 2.25. The number of carbonyl (C=O) groups is 2. The predicted molar refractivity (Wildman–Crippen MR) is 133 cm³/mol. The van der Waals surface area contributed by atoms with Crippen molar-refractivity contribution in [2.45, 2.75) is 38.4 Å². The standard InChI is InChI=1S/C24H28ClN5O2S/c1-5-16-10-6-9-13-19(16)26-20(31)14-33-24-29-28-22(30(24)4)21(15(2)3)27-23(32)17-11-7-8-12-18(17)25/h6-13,15,21H,5,14H2,1-4H3,(H,26,31)(H,27,32)/t21-/m0/s1. The predicted octanol–water partition coefficient (Wildman–Crippen LogP) is 4.89. The highest BCUT2D eigenvalue weighted by molar-refractivity contribution is 7.99. The van der Waals surface area contributed by atoms with Gasteiger partial charge in [-0.05, 0) is 36.1 Å². The van der Waals surface area contributed by atoms with Crippen LogP contribution in [0.15, 0.2) is 53.7 Å². The quantitative estimate of drug-likeness (QED) is 0.421. The Kier molecular flexibility index (Phi) is 8.52. The van der Waals surface area contributed by atoms with Crippen molar-refractivity contribution in [3.8, 4) is 0 Å². The number of nitrogens with one attached hydrogen (secondary N) is 2. The summed E-state index contributed by atoms with van der Waals surface area (Å²) in [5, 5.41) is 15.5. The van der Waals surface area contributed by atoms with Gasteiger partial charge in [-0.15, -0.1) is 10.2 Å². The number of anilines is 1. The van der Waals surface area contributed by atoms with Gasteiger partial charge in [0.05, 0.1) is 22.4 Å². The summed E-state index contributed by atoms with van der Waals surface area (Å²) in [4.78, 5) is 25.3. The zero-order valence-corrected chi connectivity index (χ0v) is 20.7. The molecule has 0 bridgehead atoms. The topological polar surface area (TPSA) is 88.9 Å². The molecule has 1 heterocycles. The first kappa shape index (κ1) is 24.8. The largest absolute Gasteiger partial charge is 0.342 e. The van der Waals surface area contributed by atoms with Gasteiger partial charge < -0.3 is 15.2 Å². The number of rotatable bonds is 9. The van der Waals surface area contributed by atoms with Crippen LogP contribution in [0, 0.1) is 5.92 Å². The summed E-state index contributed by atoms with van der Waals surface area (Å²) in [6.45, 7) is 6.05. The first-order chi connectivity index (χ1) is 15.8. The number of benzene rings is 2. The van der Waals surface area contributed by atoms with Crippen molar-refractivity contribution < 1.29 is 9.59 Å². The van der Waals surface area contributed by atoms with E-state index in [9.17, 15) is 9.59 Å². The van der Waals surface area contributed by atoms with E-state index in [1.165, 1.54) is 11.8 Å². The molecule has 174 valence electrons. The minimum absolute atomic E-state index is 0.0611. The third-order valence-corrected chi connectivity index (χ3v) is 6.57. The summed E-state index contributed by atoms with van der Waals surface area (Å²) in [6, 6.07) is 14.3. The van der Waals surface area contributed by atoms with Crippen molar-refractivity contribution in [1.82, 2.24) is 20.1 Å². The molecular weight excluding hydrogens is 458 g/mol.